The molecule has 2 rings (SSSR count). The van der Waals surface area contributed by atoms with Gasteiger partial charge in [0.25, 0.3) is 0 Å². The molecule has 2 heterocycles. The molecular weight excluding hydrogens is 183 g/mol. The summed E-state index contributed by atoms with van der Waals surface area (Å²) >= 11 is 0. The van der Waals surface area contributed by atoms with Crippen LogP contribution >= 0.6 is 0 Å². The molecule has 0 aromatic heterocycles. The molecule has 0 N–H and O–H groups in total. The Morgan fingerprint density at radius 1 is 1.43 bits per heavy atom. The minimum absolute atomic E-state index is 0.0443. The van der Waals surface area contributed by atoms with Crippen molar-refractivity contribution in [2.45, 2.75) is 36.8 Å². The van der Waals surface area contributed by atoms with Gasteiger partial charge in [0.2, 0.25) is 0 Å². The summed E-state index contributed by atoms with van der Waals surface area (Å²) in [5, 5.41) is 0. The van der Waals surface area contributed by atoms with Crippen molar-refractivity contribution in [3.63, 3.8) is 0 Å². The summed E-state index contributed by atoms with van der Waals surface area (Å²) in [6.07, 6.45) is -0.352. The van der Waals surface area contributed by atoms with E-state index in [1.165, 1.54) is 0 Å². The Hall–Kier alpha value is -0.0951. The van der Waals surface area contributed by atoms with Crippen molar-refractivity contribution in [1.82, 2.24) is 0 Å². The van der Waals surface area contributed by atoms with E-state index in [9.17, 15) is 0 Å². The van der Waals surface area contributed by atoms with E-state index in [0.29, 0.717) is 6.61 Å². The first kappa shape index (κ1) is 10.4. The predicted octanol–water partition coefficient (Wildman–Crippen LogP) is -0.301. The first-order chi connectivity index (χ1) is 6.65. The summed E-state index contributed by atoms with van der Waals surface area (Å²) in [4.78, 5) is 0. The molecule has 78 valence electrons. The highest BCUT2D eigenvalue weighted by molar-refractivity contribution is 6.11. The fraction of sp³-hybridized carbons (Fsp3) is 1.00. The second-order valence-electron chi connectivity index (χ2n) is 3.87. The minimum atomic E-state index is -0.534. The maximum absolute atomic E-state index is 5.78. The third-order valence-electron chi connectivity index (χ3n) is 3.13. The van der Waals surface area contributed by atoms with Gasteiger partial charge in [-0.25, -0.2) is 0 Å². The molecular formula is C9H15BO4. The van der Waals surface area contributed by atoms with Gasteiger partial charge in [0.15, 0.2) is 0 Å². The lowest BCUT2D eigenvalue weighted by Crippen LogP contribution is -2.50. The minimum Gasteiger partial charge on any atom is -0.381 e. The van der Waals surface area contributed by atoms with E-state index in [4.69, 9.17) is 26.8 Å². The Morgan fingerprint density at radius 2 is 2.14 bits per heavy atom. The fourth-order valence-corrected chi connectivity index (χ4v) is 2.46. The van der Waals surface area contributed by atoms with Crippen LogP contribution in [-0.4, -0.2) is 58.6 Å². The van der Waals surface area contributed by atoms with E-state index in [1.807, 2.05) is 6.92 Å². The highest BCUT2D eigenvalue weighted by Gasteiger charge is 2.64. The van der Waals surface area contributed by atoms with E-state index >= 15 is 0 Å². The molecule has 0 saturated carbocycles. The van der Waals surface area contributed by atoms with Crippen LogP contribution in [0.5, 0.6) is 0 Å². The van der Waals surface area contributed by atoms with Gasteiger partial charge in [-0.05, 0) is 6.92 Å². The third-order valence-corrected chi connectivity index (χ3v) is 3.13. The van der Waals surface area contributed by atoms with Crippen LogP contribution in [0.15, 0.2) is 0 Å². The zero-order valence-corrected chi connectivity index (χ0v) is 8.73. The number of hydrogen-bond donors (Lipinski definition) is 0. The van der Waals surface area contributed by atoms with Crippen molar-refractivity contribution in [2.24, 2.45) is 0 Å². The van der Waals surface area contributed by atoms with Crippen LogP contribution in [0.25, 0.3) is 0 Å². The van der Waals surface area contributed by atoms with Crippen molar-refractivity contribution in [3.05, 3.63) is 0 Å². The molecule has 2 aliphatic rings. The van der Waals surface area contributed by atoms with Crippen molar-refractivity contribution in [1.29, 1.82) is 0 Å². The molecule has 2 bridgehead atoms. The highest BCUT2D eigenvalue weighted by atomic mass is 16.7. The van der Waals surface area contributed by atoms with Gasteiger partial charge in [-0.2, -0.15) is 0 Å². The fourth-order valence-electron chi connectivity index (χ4n) is 2.46. The van der Waals surface area contributed by atoms with Crippen molar-refractivity contribution in [2.75, 3.05) is 20.8 Å². The molecule has 1 unspecified atom stereocenters. The van der Waals surface area contributed by atoms with Crippen LogP contribution in [0.3, 0.4) is 0 Å². The molecule has 0 amide bonds. The van der Waals surface area contributed by atoms with Gasteiger partial charge < -0.3 is 18.9 Å². The monoisotopic (exact) mass is 198 g/mol. The summed E-state index contributed by atoms with van der Waals surface area (Å²) in [5.74, 6) is 0. The number of rotatable bonds is 3. The molecule has 2 saturated heterocycles. The second kappa shape index (κ2) is 3.49. The molecule has 0 aromatic rings. The maximum Gasteiger partial charge on any atom is 0.145 e. The smallest absolute Gasteiger partial charge is 0.145 e. The summed E-state index contributed by atoms with van der Waals surface area (Å²) in [6, 6.07) is -0.411. The first-order valence-electron chi connectivity index (χ1n) is 4.76. The van der Waals surface area contributed by atoms with Gasteiger partial charge in [0, 0.05) is 20.2 Å². The normalized spacial score (nSPS) is 51.4. The Balaban J connectivity index is 2.25. The average Bonchev–Trinajstić information content (AvgIpc) is 2.54. The lowest BCUT2D eigenvalue weighted by atomic mass is 9.90. The Bertz CT molecular complexity index is 225. The van der Waals surface area contributed by atoms with Gasteiger partial charge >= 0.3 is 0 Å². The van der Waals surface area contributed by atoms with Crippen LogP contribution in [-0.2, 0) is 18.9 Å². The molecule has 5 heteroatoms. The molecule has 4 nitrogen and oxygen atoms in total. The number of methoxy groups -OCH3 is 2. The summed E-state index contributed by atoms with van der Waals surface area (Å²) in [6.45, 7) is 2.40. The van der Waals surface area contributed by atoms with Gasteiger partial charge in [0.05, 0.1) is 12.7 Å². The van der Waals surface area contributed by atoms with Gasteiger partial charge in [0.1, 0.15) is 25.7 Å². The van der Waals surface area contributed by atoms with Crippen molar-refractivity contribution in [3.8, 4) is 0 Å². The Labute approximate surface area is 85.3 Å². The lowest BCUT2D eigenvalue weighted by Gasteiger charge is -2.34. The van der Waals surface area contributed by atoms with E-state index < -0.39 is 11.6 Å². The topological polar surface area (TPSA) is 36.9 Å². The Morgan fingerprint density at radius 3 is 2.71 bits per heavy atom. The quantitative estimate of drug-likeness (QED) is 0.583. The van der Waals surface area contributed by atoms with E-state index in [1.54, 1.807) is 14.2 Å². The molecule has 0 spiro atoms. The van der Waals surface area contributed by atoms with Crippen LogP contribution < -0.4 is 0 Å². The molecule has 14 heavy (non-hydrogen) atoms. The molecule has 2 fully saturated rings. The lowest BCUT2D eigenvalue weighted by molar-refractivity contribution is -0.178. The molecule has 0 aliphatic carbocycles. The summed E-state index contributed by atoms with van der Waals surface area (Å²) < 4.78 is 21.9. The zero-order valence-electron chi connectivity index (χ0n) is 8.73. The van der Waals surface area contributed by atoms with Gasteiger partial charge in [-0.3, -0.25) is 0 Å². The average molecular weight is 198 g/mol. The first-order valence-corrected chi connectivity index (χ1v) is 4.76. The highest BCUT2D eigenvalue weighted by Crippen LogP contribution is 2.44. The van der Waals surface area contributed by atoms with E-state index in [0.717, 1.165) is 0 Å². The van der Waals surface area contributed by atoms with E-state index in [2.05, 4.69) is 0 Å². The Kier molecular flexibility index (Phi) is 2.60. The molecule has 2 aliphatic heterocycles. The summed E-state index contributed by atoms with van der Waals surface area (Å²) in [5.41, 5.74) is -0.534. The van der Waals surface area contributed by atoms with Crippen LogP contribution in [0.1, 0.15) is 6.92 Å². The number of fused-ring (bicyclic) bond motifs is 2. The molecule has 5 atom stereocenters. The zero-order chi connectivity index (χ0) is 10.3. The predicted molar refractivity (Wildman–Crippen MR) is 50.4 cm³/mol. The maximum atomic E-state index is 5.78. The van der Waals surface area contributed by atoms with Gasteiger partial charge in [-0.1, -0.05) is 0 Å². The largest absolute Gasteiger partial charge is 0.381 e. The SMILES string of the molecule is [B][C@@H]1O[C@]2(COC)C(OC)[C@@H]1O[C@H]2C. The number of hydrogen-bond acceptors (Lipinski definition) is 4. The second-order valence-corrected chi connectivity index (χ2v) is 3.87. The molecule has 2 radical (unpaired) electrons. The molecule has 0 aromatic carbocycles. The van der Waals surface area contributed by atoms with Crippen molar-refractivity contribution < 1.29 is 18.9 Å². The third kappa shape index (κ3) is 1.16. The van der Waals surface area contributed by atoms with E-state index in [-0.39, 0.29) is 18.3 Å². The summed E-state index contributed by atoms with van der Waals surface area (Å²) in [7, 11) is 9.06. The standard InChI is InChI=1S/C9H15BO4/c1-5-9(4-11-2)7(12-3)6(13-5)8(10)14-9/h5-8H,4H2,1-3H3/t5-,6-,7?,8+,9-/m0/s1. The van der Waals surface area contributed by atoms with Gasteiger partial charge in [-0.15, -0.1) is 0 Å². The van der Waals surface area contributed by atoms with Crippen molar-refractivity contribution >= 4 is 7.85 Å². The van der Waals surface area contributed by atoms with Crippen LogP contribution in [0, 0.1) is 0 Å². The van der Waals surface area contributed by atoms with Crippen LogP contribution in [0.4, 0.5) is 0 Å². The number of ether oxygens (including phenoxy) is 4. The van der Waals surface area contributed by atoms with Crippen LogP contribution in [0.2, 0.25) is 0 Å².